The zero-order chi connectivity index (χ0) is 21.3. The Bertz CT molecular complexity index is 1200. The number of anilines is 1. The van der Waals surface area contributed by atoms with Crippen molar-refractivity contribution < 1.29 is 13.6 Å². The first-order valence-electron chi connectivity index (χ1n) is 9.54. The highest BCUT2D eigenvalue weighted by molar-refractivity contribution is 5.95. The van der Waals surface area contributed by atoms with Crippen LogP contribution in [0.1, 0.15) is 24.3 Å². The molecule has 0 spiro atoms. The minimum atomic E-state index is -2.62. The van der Waals surface area contributed by atoms with Crippen molar-refractivity contribution in [2.45, 2.75) is 20.3 Å². The molecule has 0 bridgehead atoms. The van der Waals surface area contributed by atoms with E-state index in [9.17, 15) is 13.6 Å². The Morgan fingerprint density at radius 3 is 2.80 bits per heavy atom. The standard InChI is InChI=1S/C20H21F2N7O/c1-11(2)5-26-20-27-7-14-13(6-24-18(14)28-20)12-3-4-17-23-8-15(29(17)10-12)19(30)25-9-16(21)22/h3-4,6-8,10-11,16H,5,9H2,1-2H3,(H,25,30)(H2,24,26,27,28). The SMILES string of the molecule is CC(C)CNc1ncc2c(-c3ccc4ncc(C(=O)NCC(F)F)n4c3)c[nH]c2n1. The van der Waals surface area contributed by atoms with Gasteiger partial charge in [-0.05, 0) is 18.1 Å². The van der Waals surface area contributed by atoms with Crippen LogP contribution in [0.25, 0.3) is 27.8 Å². The number of aromatic nitrogens is 5. The van der Waals surface area contributed by atoms with Crippen LogP contribution in [-0.2, 0) is 0 Å². The van der Waals surface area contributed by atoms with Gasteiger partial charge in [0.2, 0.25) is 5.95 Å². The van der Waals surface area contributed by atoms with Crippen LogP contribution in [-0.4, -0.2) is 49.8 Å². The lowest BCUT2D eigenvalue weighted by atomic mass is 10.1. The number of H-pyrrole nitrogens is 1. The lowest BCUT2D eigenvalue weighted by Gasteiger charge is -2.07. The second-order valence-electron chi connectivity index (χ2n) is 7.32. The first kappa shape index (κ1) is 19.7. The van der Waals surface area contributed by atoms with E-state index in [0.29, 0.717) is 23.2 Å². The third-order valence-electron chi connectivity index (χ3n) is 4.57. The molecule has 0 aliphatic rings. The van der Waals surface area contributed by atoms with Gasteiger partial charge in [0.15, 0.2) is 0 Å². The van der Waals surface area contributed by atoms with Crippen molar-refractivity contribution in [3.63, 3.8) is 0 Å². The number of hydrogen-bond acceptors (Lipinski definition) is 5. The Kier molecular flexibility index (Phi) is 5.30. The summed E-state index contributed by atoms with van der Waals surface area (Å²) in [4.78, 5) is 28.4. The molecule has 0 radical (unpaired) electrons. The quantitative estimate of drug-likeness (QED) is 0.432. The molecular formula is C20H21F2N7O. The summed E-state index contributed by atoms with van der Waals surface area (Å²) in [5.41, 5.74) is 3.07. The van der Waals surface area contributed by atoms with Gasteiger partial charge < -0.3 is 15.6 Å². The number of carbonyl (C=O) groups excluding carboxylic acids is 1. The van der Waals surface area contributed by atoms with E-state index in [2.05, 4.69) is 44.4 Å². The van der Waals surface area contributed by atoms with E-state index in [-0.39, 0.29) is 5.69 Å². The molecule has 0 aliphatic heterocycles. The number of rotatable bonds is 7. The topological polar surface area (TPSA) is 100 Å². The molecule has 0 saturated heterocycles. The van der Waals surface area contributed by atoms with Crippen LogP contribution < -0.4 is 10.6 Å². The minimum absolute atomic E-state index is 0.184. The summed E-state index contributed by atoms with van der Waals surface area (Å²) in [5, 5.41) is 6.22. The molecule has 0 aromatic carbocycles. The molecule has 0 fully saturated rings. The van der Waals surface area contributed by atoms with Crippen LogP contribution in [0.3, 0.4) is 0 Å². The van der Waals surface area contributed by atoms with E-state index in [1.54, 1.807) is 22.9 Å². The van der Waals surface area contributed by atoms with E-state index in [1.807, 2.05) is 12.3 Å². The number of alkyl halides is 2. The smallest absolute Gasteiger partial charge is 0.270 e. The summed E-state index contributed by atoms with van der Waals surface area (Å²) in [6.45, 7) is 4.27. The van der Waals surface area contributed by atoms with E-state index >= 15 is 0 Å². The molecule has 8 nitrogen and oxygen atoms in total. The first-order chi connectivity index (χ1) is 14.4. The van der Waals surface area contributed by atoms with Crippen molar-refractivity contribution in [2.24, 2.45) is 5.92 Å². The second-order valence-corrected chi connectivity index (χ2v) is 7.32. The Morgan fingerprint density at radius 2 is 2.03 bits per heavy atom. The molecule has 30 heavy (non-hydrogen) atoms. The van der Waals surface area contributed by atoms with E-state index in [0.717, 1.165) is 23.1 Å². The predicted octanol–water partition coefficient (Wildman–Crippen LogP) is 3.34. The number of aromatic amines is 1. The largest absolute Gasteiger partial charge is 0.354 e. The van der Waals surface area contributed by atoms with Crippen LogP contribution in [0.4, 0.5) is 14.7 Å². The summed E-state index contributed by atoms with van der Waals surface area (Å²) in [6.07, 6.45) is 4.05. The normalized spacial score (nSPS) is 11.7. The summed E-state index contributed by atoms with van der Waals surface area (Å²) in [5.74, 6) is 0.410. The van der Waals surface area contributed by atoms with Gasteiger partial charge in [-0.1, -0.05) is 13.8 Å². The number of carbonyl (C=O) groups is 1. The maximum absolute atomic E-state index is 12.4. The maximum atomic E-state index is 12.4. The van der Waals surface area contributed by atoms with Crippen molar-refractivity contribution in [3.8, 4) is 11.1 Å². The van der Waals surface area contributed by atoms with Gasteiger partial charge in [-0.25, -0.2) is 18.7 Å². The van der Waals surface area contributed by atoms with Crippen molar-refractivity contribution in [2.75, 3.05) is 18.4 Å². The van der Waals surface area contributed by atoms with Gasteiger partial charge in [0.1, 0.15) is 17.0 Å². The van der Waals surface area contributed by atoms with Crippen molar-refractivity contribution in [1.82, 2.24) is 29.7 Å². The van der Waals surface area contributed by atoms with Gasteiger partial charge in [0.05, 0.1) is 12.7 Å². The predicted molar refractivity (Wildman–Crippen MR) is 110 cm³/mol. The van der Waals surface area contributed by atoms with Crippen LogP contribution in [0.15, 0.2) is 36.9 Å². The summed E-state index contributed by atoms with van der Waals surface area (Å²) in [6, 6.07) is 3.63. The zero-order valence-electron chi connectivity index (χ0n) is 16.5. The Morgan fingerprint density at radius 1 is 1.20 bits per heavy atom. The van der Waals surface area contributed by atoms with Crippen LogP contribution in [0.2, 0.25) is 0 Å². The van der Waals surface area contributed by atoms with E-state index in [1.165, 1.54) is 6.20 Å². The molecule has 0 unspecified atom stereocenters. The van der Waals surface area contributed by atoms with Crippen molar-refractivity contribution >= 4 is 28.5 Å². The molecule has 4 aromatic rings. The molecule has 4 heterocycles. The first-order valence-corrected chi connectivity index (χ1v) is 9.54. The van der Waals surface area contributed by atoms with Crippen LogP contribution in [0.5, 0.6) is 0 Å². The van der Waals surface area contributed by atoms with Gasteiger partial charge in [0.25, 0.3) is 12.3 Å². The number of amides is 1. The fourth-order valence-electron chi connectivity index (χ4n) is 3.09. The Hall–Kier alpha value is -3.56. The van der Waals surface area contributed by atoms with Crippen LogP contribution in [0, 0.1) is 5.92 Å². The Balaban J connectivity index is 1.66. The van der Waals surface area contributed by atoms with E-state index in [4.69, 9.17) is 0 Å². The zero-order valence-corrected chi connectivity index (χ0v) is 16.5. The number of halogens is 2. The number of hydrogen-bond donors (Lipinski definition) is 3. The lowest BCUT2D eigenvalue weighted by Crippen LogP contribution is -2.29. The van der Waals surface area contributed by atoms with Gasteiger partial charge in [-0.15, -0.1) is 0 Å². The molecule has 156 valence electrons. The molecule has 0 saturated carbocycles. The highest BCUT2D eigenvalue weighted by Gasteiger charge is 2.16. The molecule has 0 aliphatic carbocycles. The number of fused-ring (bicyclic) bond motifs is 2. The molecule has 0 atom stereocenters. The van der Waals surface area contributed by atoms with Gasteiger partial charge in [-0.3, -0.25) is 9.20 Å². The van der Waals surface area contributed by atoms with Gasteiger partial charge in [-0.2, -0.15) is 4.98 Å². The molecule has 1 amide bonds. The summed E-state index contributed by atoms with van der Waals surface area (Å²) >= 11 is 0. The number of imidazole rings is 1. The number of nitrogens with zero attached hydrogens (tertiary/aromatic N) is 4. The van der Waals surface area contributed by atoms with Crippen molar-refractivity contribution in [1.29, 1.82) is 0 Å². The minimum Gasteiger partial charge on any atom is -0.354 e. The maximum Gasteiger partial charge on any atom is 0.270 e. The van der Waals surface area contributed by atoms with Crippen molar-refractivity contribution in [3.05, 3.63) is 42.6 Å². The lowest BCUT2D eigenvalue weighted by molar-refractivity contribution is 0.0886. The van der Waals surface area contributed by atoms with E-state index < -0.39 is 18.9 Å². The second kappa shape index (κ2) is 8.05. The fraction of sp³-hybridized carbons (Fsp3) is 0.300. The number of pyridine rings is 1. The third kappa shape index (κ3) is 3.93. The monoisotopic (exact) mass is 413 g/mol. The fourth-order valence-corrected chi connectivity index (χ4v) is 3.09. The Labute approximate surface area is 170 Å². The van der Waals surface area contributed by atoms with Gasteiger partial charge >= 0.3 is 0 Å². The average molecular weight is 413 g/mol. The molecular weight excluding hydrogens is 392 g/mol. The van der Waals surface area contributed by atoms with Gasteiger partial charge in [0, 0.05) is 41.6 Å². The molecule has 4 aromatic heterocycles. The highest BCUT2D eigenvalue weighted by Crippen LogP contribution is 2.28. The molecule has 4 rings (SSSR count). The molecule has 10 heteroatoms. The highest BCUT2D eigenvalue weighted by atomic mass is 19.3. The molecule has 3 N–H and O–H groups in total. The summed E-state index contributed by atoms with van der Waals surface area (Å²) in [7, 11) is 0. The summed E-state index contributed by atoms with van der Waals surface area (Å²) < 4.78 is 26.4. The third-order valence-corrected chi connectivity index (χ3v) is 4.57. The number of nitrogens with one attached hydrogen (secondary N) is 3. The average Bonchev–Trinajstić information content (AvgIpc) is 3.33. The van der Waals surface area contributed by atoms with Crippen LogP contribution >= 0.6 is 0 Å².